The van der Waals surface area contributed by atoms with Crippen molar-refractivity contribution >= 4 is 46.4 Å². The van der Waals surface area contributed by atoms with Crippen molar-refractivity contribution in [2.75, 3.05) is 24.4 Å². The van der Waals surface area contributed by atoms with Crippen molar-refractivity contribution in [2.45, 2.75) is 6.92 Å². The maximum Gasteiger partial charge on any atom is 0.257 e. The van der Waals surface area contributed by atoms with Crippen LogP contribution < -0.4 is 20.1 Å². The zero-order valence-electron chi connectivity index (χ0n) is 16.9. The molecule has 0 aliphatic rings. The van der Waals surface area contributed by atoms with E-state index in [0.29, 0.717) is 50.7 Å². The summed E-state index contributed by atoms with van der Waals surface area (Å²) in [6.45, 7) is 2.33. The lowest BCUT2D eigenvalue weighted by Gasteiger charge is -2.13. The summed E-state index contributed by atoms with van der Waals surface area (Å²) in [5.41, 5.74) is 1.65. The van der Waals surface area contributed by atoms with E-state index in [9.17, 15) is 9.59 Å². The maximum absolute atomic E-state index is 12.6. The number of methoxy groups -OCH3 is 1. The lowest BCUT2D eigenvalue weighted by atomic mass is 10.1. The fourth-order valence-electron chi connectivity index (χ4n) is 2.83. The maximum atomic E-state index is 12.6. The molecule has 3 aromatic carbocycles. The van der Waals surface area contributed by atoms with E-state index in [1.807, 2.05) is 6.92 Å². The molecule has 0 spiro atoms. The van der Waals surface area contributed by atoms with Crippen LogP contribution in [0.4, 0.5) is 11.4 Å². The van der Waals surface area contributed by atoms with E-state index >= 15 is 0 Å². The Bertz CT molecular complexity index is 1120. The van der Waals surface area contributed by atoms with E-state index in [2.05, 4.69) is 10.6 Å². The summed E-state index contributed by atoms with van der Waals surface area (Å²) >= 11 is 12.2. The van der Waals surface area contributed by atoms with Crippen molar-refractivity contribution in [1.29, 1.82) is 0 Å². The Hall–Kier alpha value is -3.22. The molecule has 6 nitrogen and oxygen atoms in total. The van der Waals surface area contributed by atoms with Gasteiger partial charge in [-0.25, -0.2) is 0 Å². The zero-order chi connectivity index (χ0) is 22.4. The first-order valence-corrected chi connectivity index (χ1v) is 10.2. The summed E-state index contributed by atoms with van der Waals surface area (Å²) in [5, 5.41) is 6.24. The third-order valence-electron chi connectivity index (χ3n) is 4.32. The molecular formula is C23H20Cl2N2O4. The Kier molecular flexibility index (Phi) is 7.39. The molecule has 0 saturated heterocycles. The van der Waals surface area contributed by atoms with Crippen molar-refractivity contribution in [1.82, 2.24) is 0 Å². The summed E-state index contributed by atoms with van der Waals surface area (Å²) < 4.78 is 10.7. The molecule has 0 heterocycles. The van der Waals surface area contributed by atoms with Gasteiger partial charge in [-0.15, -0.1) is 0 Å². The second-order valence-corrected chi connectivity index (χ2v) is 7.20. The van der Waals surface area contributed by atoms with Gasteiger partial charge < -0.3 is 20.1 Å². The number of rotatable bonds is 7. The summed E-state index contributed by atoms with van der Waals surface area (Å²) in [6.07, 6.45) is 0. The number of anilines is 2. The minimum Gasteiger partial charge on any atom is -0.494 e. The number of halogens is 2. The van der Waals surface area contributed by atoms with Gasteiger partial charge in [-0.05, 0) is 49.4 Å². The van der Waals surface area contributed by atoms with Crippen molar-refractivity contribution in [3.05, 3.63) is 81.8 Å². The van der Waals surface area contributed by atoms with Crippen molar-refractivity contribution in [3.63, 3.8) is 0 Å². The van der Waals surface area contributed by atoms with E-state index in [0.717, 1.165) is 0 Å². The monoisotopic (exact) mass is 458 g/mol. The lowest BCUT2D eigenvalue weighted by Crippen LogP contribution is -2.14. The highest BCUT2D eigenvalue weighted by molar-refractivity contribution is 6.34. The van der Waals surface area contributed by atoms with Gasteiger partial charge in [0, 0.05) is 17.3 Å². The molecule has 0 aromatic heterocycles. The second kappa shape index (κ2) is 10.2. The van der Waals surface area contributed by atoms with Crippen LogP contribution in [0.1, 0.15) is 27.6 Å². The third-order valence-corrected chi connectivity index (χ3v) is 4.94. The topological polar surface area (TPSA) is 76.7 Å². The fourth-order valence-corrected chi connectivity index (χ4v) is 3.28. The fraction of sp³-hybridized carbons (Fsp3) is 0.130. The molecule has 0 unspecified atom stereocenters. The van der Waals surface area contributed by atoms with Gasteiger partial charge in [-0.2, -0.15) is 0 Å². The molecule has 3 aromatic rings. The van der Waals surface area contributed by atoms with Crippen LogP contribution in [0.2, 0.25) is 10.0 Å². The van der Waals surface area contributed by atoms with Gasteiger partial charge in [-0.3, -0.25) is 9.59 Å². The van der Waals surface area contributed by atoms with Crippen LogP contribution in [0.25, 0.3) is 0 Å². The van der Waals surface area contributed by atoms with E-state index < -0.39 is 0 Å². The number of carbonyl (C=O) groups excluding carboxylic acids is 2. The average Bonchev–Trinajstić information content (AvgIpc) is 2.76. The molecule has 160 valence electrons. The van der Waals surface area contributed by atoms with Gasteiger partial charge in [0.25, 0.3) is 11.8 Å². The summed E-state index contributed by atoms with van der Waals surface area (Å²) in [4.78, 5) is 25.1. The molecule has 3 rings (SSSR count). The Morgan fingerprint density at radius 1 is 0.871 bits per heavy atom. The van der Waals surface area contributed by atoms with Crippen LogP contribution in [-0.4, -0.2) is 25.5 Å². The quantitative estimate of drug-likeness (QED) is 0.461. The summed E-state index contributed by atoms with van der Waals surface area (Å²) in [7, 11) is 1.47. The lowest BCUT2D eigenvalue weighted by molar-refractivity contribution is 0.101. The number of amides is 2. The second-order valence-electron chi connectivity index (χ2n) is 6.38. The van der Waals surface area contributed by atoms with Crippen LogP contribution >= 0.6 is 23.2 Å². The first-order valence-electron chi connectivity index (χ1n) is 9.40. The highest BCUT2D eigenvalue weighted by Crippen LogP contribution is 2.30. The average molecular weight is 459 g/mol. The standard InChI is InChI=1S/C23H20Cl2N2O4/c1-3-31-20-11-8-14(12-18(20)25)22(28)26-15-9-10-19(21(13-15)30-2)27-23(29)16-6-4-5-7-17(16)24/h4-13H,3H2,1-2H3,(H,26,28)(H,27,29). The summed E-state index contributed by atoms with van der Waals surface area (Å²) in [6, 6.07) is 16.4. The van der Waals surface area contributed by atoms with E-state index in [4.69, 9.17) is 32.7 Å². The summed E-state index contributed by atoms with van der Waals surface area (Å²) in [5.74, 6) is 0.175. The Balaban J connectivity index is 1.75. The first-order chi connectivity index (χ1) is 14.9. The molecule has 31 heavy (non-hydrogen) atoms. The predicted octanol–water partition coefficient (Wildman–Crippen LogP) is 5.91. The number of benzene rings is 3. The number of carbonyl (C=O) groups is 2. The van der Waals surface area contributed by atoms with Crippen molar-refractivity contribution in [2.24, 2.45) is 0 Å². The zero-order valence-corrected chi connectivity index (χ0v) is 18.4. The molecule has 0 aliphatic heterocycles. The van der Waals surface area contributed by atoms with Crippen LogP contribution in [0, 0.1) is 0 Å². The molecule has 0 fully saturated rings. The van der Waals surface area contributed by atoms with Gasteiger partial charge in [0.2, 0.25) is 0 Å². The number of hydrogen-bond donors (Lipinski definition) is 2. The smallest absolute Gasteiger partial charge is 0.257 e. The van der Waals surface area contributed by atoms with Gasteiger partial charge in [-0.1, -0.05) is 35.3 Å². The van der Waals surface area contributed by atoms with E-state index in [1.165, 1.54) is 13.2 Å². The molecule has 0 aliphatic carbocycles. The largest absolute Gasteiger partial charge is 0.494 e. The molecular weight excluding hydrogens is 439 g/mol. The van der Waals surface area contributed by atoms with Crippen molar-refractivity contribution in [3.8, 4) is 11.5 Å². The SMILES string of the molecule is CCOc1ccc(C(=O)Nc2ccc(NC(=O)c3ccccc3Cl)c(OC)c2)cc1Cl. The van der Waals surface area contributed by atoms with E-state index in [1.54, 1.807) is 54.6 Å². The minimum absolute atomic E-state index is 0.343. The Labute approximate surface area is 190 Å². The van der Waals surface area contributed by atoms with Gasteiger partial charge in [0.05, 0.1) is 35.0 Å². The molecule has 8 heteroatoms. The minimum atomic E-state index is -0.371. The molecule has 0 atom stereocenters. The third kappa shape index (κ3) is 5.48. The molecule has 0 radical (unpaired) electrons. The number of nitrogens with one attached hydrogen (secondary N) is 2. The molecule has 2 amide bonds. The molecule has 0 saturated carbocycles. The van der Waals surface area contributed by atoms with Gasteiger partial charge >= 0.3 is 0 Å². The predicted molar refractivity (Wildman–Crippen MR) is 123 cm³/mol. The number of ether oxygens (including phenoxy) is 2. The van der Waals surface area contributed by atoms with Gasteiger partial charge in [0.1, 0.15) is 11.5 Å². The van der Waals surface area contributed by atoms with Crippen LogP contribution in [0.5, 0.6) is 11.5 Å². The first kappa shape index (κ1) is 22.5. The Morgan fingerprint density at radius 3 is 2.32 bits per heavy atom. The van der Waals surface area contributed by atoms with E-state index in [-0.39, 0.29) is 11.8 Å². The van der Waals surface area contributed by atoms with Crippen LogP contribution in [0.15, 0.2) is 60.7 Å². The van der Waals surface area contributed by atoms with Crippen LogP contribution in [0.3, 0.4) is 0 Å². The highest BCUT2D eigenvalue weighted by atomic mass is 35.5. The highest BCUT2D eigenvalue weighted by Gasteiger charge is 2.15. The van der Waals surface area contributed by atoms with Gasteiger partial charge in [0.15, 0.2) is 0 Å². The Morgan fingerprint density at radius 2 is 1.65 bits per heavy atom. The molecule has 0 bridgehead atoms. The number of hydrogen-bond acceptors (Lipinski definition) is 4. The normalized spacial score (nSPS) is 10.3. The molecule has 2 N–H and O–H groups in total. The van der Waals surface area contributed by atoms with Crippen molar-refractivity contribution < 1.29 is 19.1 Å². The van der Waals surface area contributed by atoms with Crippen LogP contribution in [-0.2, 0) is 0 Å².